The molecule has 3 rings (SSSR count). The van der Waals surface area contributed by atoms with E-state index in [-0.39, 0.29) is 0 Å². The van der Waals surface area contributed by atoms with Crippen molar-refractivity contribution in [3.8, 4) is 0 Å². The van der Waals surface area contributed by atoms with Crippen molar-refractivity contribution in [1.82, 2.24) is 15.2 Å². The first kappa shape index (κ1) is 15.2. The maximum atomic E-state index is 5.04. The Balaban J connectivity index is 1.51. The molecule has 0 aromatic carbocycles. The number of nitrogens with one attached hydrogen (secondary N) is 1. The monoisotopic (exact) mass is 310 g/mol. The summed E-state index contributed by atoms with van der Waals surface area (Å²) < 4.78 is 5.04. The summed E-state index contributed by atoms with van der Waals surface area (Å²) in [4.78, 5) is 11.1. The highest BCUT2D eigenvalue weighted by Crippen LogP contribution is 2.28. The smallest absolute Gasteiger partial charge is 0.185 e. The first-order valence-corrected chi connectivity index (χ1v) is 8.82. The summed E-state index contributed by atoms with van der Waals surface area (Å²) in [5.41, 5.74) is 0. The summed E-state index contributed by atoms with van der Waals surface area (Å²) >= 11 is 1.83. The van der Waals surface area contributed by atoms with Crippen LogP contribution < -0.4 is 10.2 Å². The summed E-state index contributed by atoms with van der Waals surface area (Å²) in [7, 11) is 1.73. The Hall–Kier alpha value is -0.690. The lowest BCUT2D eigenvalue weighted by atomic mass is 10.00. The summed E-state index contributed by atoms with van der Waals surface area (Å²) in [5, 5.41) is 4.58. The van der Waals surface area contributed by atoms with Crippen LogP contribution in [-0.4, -0.2) is 62.4 Å². The lowest BCUT2D eigenvalue weighted by Gasteiger charge is -2.44. The molecule has 1 aromatic heterocycles. The van der Waals surface area contributed by atoms with Crippen LogP contribution in [0.15, 0.2) is 6.20 Å². The molecule has 6 heteroatoms. The quantitative estimate of drug-likeness (QED) is 0.808. The first-order chi connectivity index (χ1) is 10.4. The number of hydrogen-bond donors (Lipinski definition) is 1. The number of rotatable bonds is 6. The molecule has 1 unspecified atom stereocenters. The van der Waals surface area contributed by atoms with Crippen molar-refractivity contribution in [3.05, 3.63) is 11.1 Å². The Morgan fingerprint density at radius 3 is 3.24 bits per heavy atom. The third kappa shape index (κ3) is 3.94. The van der Waals surface area contributed by atoms with Gasteiger partial charge in [-0.15, -0.1) is 11.3 Å². The Labute approximate surface area is 131 Å². The fourth-order valence-electron chi connectivity index (χ4n) is 3.24. The van der Waals surface area contributed by atoms with Gasteiger partial charge in [-0.05, 0) is 19.4 Å². The molecule has 0 aliphatic carbocycles. The summed E-state index contributed by atoms with van der Waals surface area (Å²) in [5.74, 6) is 0. The minimum atomic E-state index is 0.750. The van der Waals surface area contributed by atoms with E-state index >= 15 is 0 Å². The van der Waals surface area contributed by atoms with Gasteiger partial charge in [0.05, 0.1) is 6.61 Å². The van der Waals surface area contributed by atoms with Gasteiger partial charge in [-0.2, -0.15) is 0 Å². The molecule has 1 N–H and O–H groups in total. The van der Waals surface area contributed by atoms with Crippen LogP contribution >= 0.6 is 11.3 Å². The van der Waals surface area contributed by atoms with Crippen molar-refractivity contribution < 1.29 is 4.74 Å². The second-order valence-corrected chi connectivity index (χ2v) is 7.00. The van der Waals surface area contributed by atoms with Gasteiger partial charge < -0.3 is 15.0 Å². The molecule has 21 heavy (non-hydrogen) atoms. The third-order valence-electron chi connectivity index (χ3n) is 4.43. The molecule has 3 heterocycles. The van der Waals surface area contributed by atoms with Crippen LogP contribution in [0.25, 0.3) is 0 Å². The minimum Gasteiger partial charge on any atom is -0.383 e. The Kier molecular flexibility index (Phi) is 5.46. The number of piperazine rings is 1. The van der Waals surface area contributed by atoms with Gasteiger partial charge in [-0.3, -0.25) is 4.90 Å². The first-order valence-electron chi connectivity index (χ1n) is 8.00. The number of methoxy groups -OCH3 is 1. The number of piperidine rings is 1. The van der Waals surface area contributed by atoms with Gasteiger partial charge in [0.15, 0.2) is 5.13 Å². The van der Waals surface area contributed by atoms with E-state index in [1.54, 1.807) is 7.11 Å². The Bertz CT molecular complexity index is 439. The van der Waals surface area contributed by atoms with E-state index in [0.717, 1.165) is 38.8 Å². The second kappa shape index (κ2) is 7.54. The molecule has 0 saturated carbocycles. The lowest BCUT2D eigenvalue weighted by Crippen LogP contribution is -2.54. The van der Waals surface area contributed by atoms with Crippen molar-refractivity contribution >= 4 is 16.5 Å². The van der Waals surface area contributed by atoms with Gasteiger partial charge >= 0.3 is 0 Å². The highest BCUT2D eigenvalue weighted by atomic mass is 32.1. The third-order valence-corrected chi connectivity index (χ3v) is 5.49. The van der Waals surface area contributed by atoms with Crippen LogP contribution in [-0.2, 0) is 11.3 Å². The van der Waals surface area contributed by atoms with Crippen LogP contribution in [0.5, 0.6) is 0 Å². The molecule has 2 aliphatic heterocycles. The van der Waals surface area contributed by atoms with Crippen LogP contribution in [0.1, 0.15) is 24.1 Å². The van der Waals surface area contributed by atoms with E-state index in [1.807, 2.05) is 17.5 Å². The van der Waals surface area contributed by atoms with Gasteiger partial charge in [0, 0.05) is 56.9 Å². The lowest BCUT2D eigenvalue weighted by molar-refractivity contribution is 0.133. The zero-order valence-electron chi connectivity index (χ0n) is 12.9. The predicted molar refractivity (Wildman–Crippen MR) is 87.1 cm³/mol. The largest absolute Gasteiger partial charge is 0.383 e. The zero-order valence-corrected chi connectivity index (χ0v) is 13.7. The molecular formula is C15H26N4OS. The van der Waals surface area contributed by atoms with Crippen LogP contribution in [0.3, 0.4) is 0 Å². The number of thiazole rings is 1. The molecule has 0 spiro atoms. The Morgan fingerprint density at radius 2 is 2.33 bits per heavy atom. The molecular weight excluding hydrogens is 284 g/mol. The predicted octanol–water partition coefficient (Wildman–Crippen LogP) is 1.55. The van der Waals surface area contributed by atoms with E-state index in [0.29, 0.717) is 0 Å². The SMILES string of the molecule is COCCNCc1cnc(N2CCN3CCCCC3C2)s1. The maximum Gasteiger partial charge on any atom is 0.185 e. The van der Waals surface area contributed by atoms with Gasteiger partial charge in [0.1, 0.15) is 0 Å². The maximum absolute atomic E-state index is 5.04. The molecule has 0 amide bonds. The molecule has 1 aromatic rings. The molecule has 2 fully saturated rings. The van der Waals surface area contributed by atoms with Crippen LogP contribution in [0.4, 0.5) is 5.13 Å². The normalized spacial score (nSPS) is 23.3. The molecule has 5 nitrogen and oxygen atoms in total. The number of anilines is 1. The van der Waals surface area contributed by atoms with Crippen molar-refractivity contribution in [1.29, 1.82) is 0 Å². The van der Waals surface area contributed by atoms with Gasteiger partial charge in [-0.1, -0.05) is 6.42 Å². The fraction of sp³-hybridized carbons (Fsp3) is 0.800. The second-order valence-electron chi connectivity index (χ2n) is 5.91. The zero-order chi connectivity index (χ0) is 14.5. The number of nitrogens with zero attached hydrogens (tertiary/aromatic N) is 3. The number of fused-ring (bicyclic) bond motifs is 1. The summed E-state index contributed by atoms with van der Waals surface area (Å²) in [6, 6.07) is 0.750. The molecule has 118 valence electrons. The van der Waals surface area contributed by atoms with Gasteiger partial charge in [0.2, 0.25) is 0 Å². The number of aromatic nitrogens is 1. The summed E-state index contributed by atoms with van der Waals surface area (Å²) in [6.07, 6.45) is 6.15. The molecule has 0 radical (unpaired) electrons. The van der Waals surface area contributed by atoms with Gasteiger partial charge in [-0.25, -0.2) is 4.98 Å². The highest BCUT2D eigenvalue weighted by molar-refractivity contribution is 7.15. The summed E-state index contributed by atoms with van der Waals surface area (Å²) in [6.45, 7) is 7.32. The van der Waals surface area contributed by atoms with E-state index in [9.17, 15) is 0 Å². The number of ether oxygens (including phenoxy) is 1. The minimum absolute atomic E-state index is 0.750. The van der Waals surface area contributed by atoms with E-state index in [4.69, 9.17) is 4.74 Å². The van der Waals surface area contributed by atoms with Crippen molar-refractivity contribution in [2.24, 2.45) is 0 Å². The Morgan fingerprint density at radius 1 is 1.38 bits per heavy atom. The number of hydrogen-bond acceptors (Lipinski definition) is 6. The van der Waals surface area contributed by atoms with E-state index < -0.39 is 0 Å². The molecule has 1 atom stereocenters. The van der Waals surface area contributed by atoms with E-state index in [2.05, 4.69) is 20.1 Å². The van der Waals surface area contributed by atoms with Crippen molar-refractivity contribution in [3.63, 3.8) is 0 Å². The topological polar surface area (TPSA) is 40.6 Å². The fourth-order valence-corrected chi connectivity index (χ4v) is 4.16. The average Bonchev–Trinajstić information content (AvgIpc) is 3.00. The van der Waals surface area contributed by atoms with Crippen LogP contribution in [0, 0.1) is 0 Å². The van der Waals surface area contributed by atoms with Crippen molar-refractivity contribution in [2.45, 2.75) is 31.8 Å². The van der Waals surface area contributed by atoms with Crippen molar-refractivity contribution in [2.75, 3.05) is 51.3 Å². The molecule has 0 bridgehead atoms. The molecule has 2 aliphatic rings. The standard InChI is InChI=1S/C15H26N4OS/c1-20-9-5-16-10-14-11-17-15(21-14)19-8-7-18-6-3-2-4-13(18)12-19/h11,13,16H,2-10,12H2,1H3. The molecule has 2 saturated heterocycles. The van der Waals surface area contributed by atoms with Crippen LogP contribution in [0.2, 0.25) is 0 Å². The van der Waals surface area contributed by atoms with E-state index in [1.165, 1.54) is 42.4 Å². The highest BCUT2D eigenvalue weighted by Gasteiger charge is 2.29. The van der Waals surface area contributed by atoms with Gasteiger partial charge in [0.25, 0.3) is 0 Å². The average molecular weight is 310 g/mol.